The van der Waals surface area contributed by atoms with Crippen LogP contribution in [0.15, 0.2) is 18.2 Å². The predicted molar refractivity (Wildman–Crippen MR) is 65.8 cm³/mol. The summed E-state index contributed by atoms with van der Waals surface area (Å²) in [6, 6.07) is 5.45. The number of halogens is 1. The first kappa shape index (κ1) is 11.4. The number of hydrogen-bond acceptors (Lipinski definition) is 2. The van der Waals surface area contributed by atoms with Crippen LogP contribution in [0, 0.1) is 6.92 Å². The van der Waals surface area contributed by atoms with Crippen LogP contribution in [0.2, 0.25) is 5.02 Å². The molecule has 0 spiro atoms. The molecule has 0 bridgehead atoms. The number of carbonyl (C=O) groups excluding carboxylic acids is 1. The van der Waals surface area contributed by atoms with Crippen LogP contribution in [0.5, 0.6) is 0 Å². The van der Waals surface area contributed by atoms with Gasteiger partial charge in [-0.25, -0.2) is 0 Å². The zero-order valence-corrected chi connectivity index (χ0v) is 9.97. The molecule has 3 nitrogen and oxygen atoms in total. The van der Waals surface area contributed by atoms with Crippen molar-refractivity contribution in [3.05, 3.63) is 28.8 Å². The van der Waals surface area contributed by atoms with Crippen molar-refractivity contribution < 1.29 is 4.79 Å². The minimum absolute atomic E-state index is 0.0304. The molecule has 1 heterocycles. The van der Waals surface area contributed by atoms with Crippen molar-refractivity contribution in [2.75, 3.05) is 11.9 Å². The second kappa shape index (κ2) is 4.85. The van der Waals surface area contributed by atoms with Gasteiger partial charge in [-0.1, -0.05) is 17.7 Å². The zero-order chi connectivity index (χ0) is 11.5. The lowest BCUT2D eigenvalue weighted by Gasteiger charge is -2.13. The fourth-order valence-corrected chi connectivity index (χ4v) is 2.03. The molecule has 1 amide bonds. The minimum atomic E-state index is -0.0571. The van der Waals surface area contributed by atoms with Crippen molar-refractivity contribution in [2.24, 2.45) is 0 Å². The predicted octanol–water partition coefficient (Wildman–Crippen LogP) is 2.34. The van der Waals surface area contributed by atoms with E-state index >= 15 is 0 Å². The van der Waals surface area contributed by atoms with Crippen LogP contribution in [-0.4, -0.2) is 18.5 Å². The van der Waals surface area contributed by atoms with E-state index in [1.807, 2.05) is 19.1 Å². The van der Waals surface area contributed by atoms with Gasteiger partial charge in [0.1, 0.15) is 0 Å². The highest BCUT2D eigenvalue weighted by molar-refractivity contribution is 6.31. The highest BCUT2D eigenvalue weighted by atomic mass is 35.5. The Morgan fingerprint density at radius 3 is 3.06 bits per heavy atom. The van der Waals surface area contributed by atoms with Crippen LogP contribution in [0.4, 0.5) is 5.69 Å². The molecule has 4 heteroatoms. The number of anilines is 1. The van der Waals surface area contributed by atoms with Crippen LogP contribution in [-0.2, 0) is 4.79 Å². The third-order valence-corrected chi connectivity index (χ3v) is 3.07. The van der Waals surface area contributed by atoms with Crippen LogP contribution < -0.4 is 10.6 Å². The minimum Gasteiger partial charge on any atom is -0.324 e. The summed E-state index contributed by atoms with van der Waals surface area (Å²) in [6.07, 6.45) is 1.97. The first-order valence-electron chi connectivity index (χ1n) is 5.47. The maximum absolute atomic E-state index is 11.9. The van der Waals surface area contributed by atoms with Gasteiger partial charge in [0, 0.05) is 10.7 Å². The van der Waals surface area contributed by atoms with Gasteiger partial charge in [-0.2, -0.15) is 0 Å². The molecule has 0 aliphatic carbocycles. The Bertz CT molecular complexity index is 400. The van der Waals surface area contributed by atoms with E-state index in [0.717, 1.165) is 30.6 Å². The van der Waals surface area contributed by atoms with Gasteiger partial charge in [0.05, 0.1) is 6.04 Å². The highest BCUT2D eigenvalue weighted by Gasteiger charge is 2.22. The summed E-state index contributed by atoms with van der Waals surface area (Å²) in [5.41, 5.74) is 1.82. The van der Waals surface area contributed by atoms with Gasteiger partial charge >= 0.3 is 0 Å². The quantitative estimate of drug-likeness (QED) is 0.831. The normalized spacial score (nSPS) is 19.8. The third kappa shape index (κ3) is 2.54. The molecule has 0 unspecified atom stereocenters. The molecule has 86 valence electrons. The number of aryl methyl sites for hydroxylation is 1. The topological polar surface area (TPSA) is 41.1 Å². The van der Waals surface area contributed by atoms with E-state index in [0.29, 0.717) is 5.02 Å². The van der Waals surface area contributed by atoms with E-state index in [1.54, 1.807) is 6.07 Å². The van der Waals surface area contributed by atoms with Gasteiger partial charge in [-0.15, -0.1) is 0 Å². The van der Waals surface area contributed by atoms with Gasteiger partial charge in [0.2, 0.25) is 5.91 Å². The molecular formula is C12H15ClN2O. The Labute approximate surface area is 100 Å². The summed E-state index contributed by atoms with van der Waals surface area (Å²) in [6.45, 7) is 2.88. The van der Waals surface area contributed by atoms with E-state index in [4.69, 9.17) is 11.6 Å². The fourth-order valence-electron chi connectivity index (χ4n) is 1.86. The zero-order valence-electron chi connectivity index (χ0n) is 9.22. The van der Waals surface area contributed by atoms with Crippen molar-refractivity contribution >= 4 is 23.2 Å². The number of nitrogens with one attached hydrogen (secondary N) is 2. The van der Waals surface area contributed by atoms with Gasteiger partial charge in [-0.3, -0.25) is 4.79 Å². The van der Waals surface area contributed by atoms with Crippen LogP contribution in [0.1, 0.15) is 18.4 Å². The molecule has 1 aromatic rings. The standard InChI is InChI=1S/C12H15ClN2O/c1-8-4-5-9(13)7-11(8)15-12(16)10-3-2-6-14-10/h4-5,7,10,14H,2-3,6H2,1H3,(H,15,16)/t10-/m1/s1. The molecule has 0 aromatic heterocycles. The molecule has 1 aromatic carbocycles. The van der Waals surface area contributed by atoms with E-state index in [1.165, 1.54) is 0 Å². The van der Waals surface area contributed by atoms with Gasteiger partial charge in [-0.05, 0) is 44.0 Å². The lowest BCUT2D eigenvalue weighted by Crippen LogP contribution is -2.35. The van der Waals surface area contributed by atoms with Gasteiger partial charge in [0.25, 0.3) is 0 Å². The molecule has 2 N–H and O–H groups in total. The maximum Gasteiger partial charge on any atom is 0.241 e. The molecule has 1 aliphatic heterocycles. The van der Waals surface area contributed by atoms with Crippen LogP contribution in [0.3, 0.4) is 0 Å². The average molecular weight is 239 g/mol. The van der Waals surface area contributed by atoms with Gasteiger partial charge < -0.3 is 10.6 Å². The lowest BCUT2D eigenvalue weighted by atomic mass is 10.1. The Morgan fingerprint density at radius 1 is 1.56 bits per heavy atom. The first-order valence-corrected chi connectivity index (χ1v) is 5.85. The summed E-state index contributed by atoms with van der Waals surface area (Å²) in [7, 11) is 0. The van der Waals surface area contributed by atoms with E-state index in [9.17, 15) is 4.79 Å². The summed E-state index contributed by atoms with van der Waals surface area (Å²) in [5, 5.41) is 6.71. The highest BCUT2D eigenvalue weighted by Crippen LogP contribution is 2.20. The number of carbonyl (C=O) groups is 1. The molecule has 1 atom stereocenters. The Hall–Kier alpha value is -1.06. The van der Waals surface area contributed by atoms with E-state index < -0.39 is 0 Å². The SMILES string of the molecule is Cc1ccc(Cl)cc1NC(=O)[C@H]1CCCN1. The lowest BCUT2D eigenvalue weighted by molar-refractivity contribution is -0.117. The second-order valence-corrected chi connectivity index (χ2v) is 4.53. The molecule has 0 saturated carbocycles. The second-order valence-electron chi connectivity index (χ2n) is 4.10. The maximum atomic E-state index is 11.9. The van der Waals surface area contributed by atoms with Crippen molar-refractivity contribution in [3.63, 3.8) is 0 Å². The summed E-state index contributed by atoms with van der Waals surface area (Å²) in [5.74, 6) is 0.0304. The van der Waals surface area contributed by atoms with E-state index in [-0.39, 0.29) is 11.9 Å². The smallest absolute Gasteiger partial charge is 0.241 e. The van der Waals surface area contributed by atoms with Crippen molar-refractivity contribution in [1.29, 1.82) is 0 Å². The van der Waals surface area contributed by atoms with Crippen molar-refractivity contribution in [2.45, 2.75) is 25.8 Å². The first-order chi connectivity index (χ1) is 7.66. The molecule has 1 saturated heterocycles. The number of amides is 1. The Kier molecular flexibility index (Phi) is 3.46. The summed E-state index contributed by atoms with van der Waals surface area (Å²) in [4.78, 5) is 11.9. The molecule has 16 heavy (non-hydrogen) atoms. The third-order valence-electron chi connectivity index (χ3n) is 2.83. The average Bonchev–Trinajstić information content (AvgIpc) is 2.76. The fraction of sp³-hybridized carbons (Fsp3) is 0.417. The summed E-state index contributed by atoms with van der Waals surface area (Å²) >= 11 is 5.89. The Morgan fingerprint density at radius 2 is 2.38 bits per heavy atom. The number of hydrogen-bond donors (Lipinski definition) is 2. The number of benzene rings is 1. The molecular weight excluding hydrogens is 224 g/mol. The van der Waals surface area contributed by atoms with E-state index in [2.05, 4.69) is 10.6 Å². The monoisotopic (exact) mass is 238 g/mol. The largest absolute Gasteiger partial charge is 0.324 e. The number of rotatable bonds is 2. The van der Waals surface area contributed by atoms with Crippen LogP contribution in [0.25, 0.3) is 0 Å². The molecule has 1 fully saturated rings. The van der Waals surface area contributed by atoms with Crippen molar-refractivity contribution in [3.8, 4) is 0 Å². The molecule has 0 radical (unpaired) electrons. The van der Waals surface area contributed by atoms with Crippen molar-refractivity contribution in [1.82, 2.24) is 5.32 Å². The Balaban J connectivity index is 2.07. The van der Waals surface area contributed by atoms with Crippen LogP contribution >= 0.6 is 11.6 Å². The summed E-state index contributed by atoms with van der Waals surface area (Å²) < 4.78 is 0. The molecule has 2 rings (SSSR count). The van der Waals surface area contributed by atoms with Gasteiger partial charge in [0.15, 0.2) is 0 Å². The molecule has 1 aliphatic rings.